The van der Waals surface area contributed by atoms with E-state index in [0.29, 0.717) is 44.9 Å². The van der Waals surface area contributed by atoms with Crippen LogP contribution in [0.4, 0.5) is 4.79 Å². The highest BCUT2D eigenvalue weighted by molar-refractivity contribution is 5.83. The molecule has 0 aromatic rings. The van der Waals surface area contributed by atoms with Gasteiger partial charge in [-0.15, -0.1) is 0 Å². The number of hydrogen-bond acceptors (Lipinski definition) is 20. The summed E-state index contributed by atoms with van der Waals surface area (Å²) in [5, 5.41) is 2.84. The van der Waals surface area contributed by atoms with E-state index in [-0.39, 0.29) is 67.7 Å². The molecular formula is C59H85NO20. The molecule has 446 valence electrons. The number of esters is 9. The zero-order valence-corrected chi connectivity index (χ0v) is 47.8. The van der Waals surface area contributed by atoms with E-state index >= 15 is 0 Å². The van der Waals surface area contributed by atoms with Gasteiger partial charge in [0.2, 0.25) is 0 Å². The second-order valence-corrected chi connectivity index (χ2v) is 23.4. The van der Waals surface area contributed by atoms with Gasteiger partial charge in [-0.2, -0.15) is 0 Å². The van der Waals surface area contributed by atoms with Gasteiger partial charge in [0.25, 0.3) is 0 Å². The molecule has 0 radical (unpaired) electrons. The van der Waals surface area contributed by atoms with Gasteiger partial charge < -0.3 is 52.7 Å². The van der Waals surface area contributed by atoms with Crippen molar-refractivity contribution in [2.75, 3.05) is 72.6 Å². The number of carbonyl (C=O) groups is 10. The van der Waals surface area contributed by atoms with Crippen molar-refractivity contribution >= 4 is 59.8 Å². The summed E-state index contributed by atoms with van der Waals surface area (Å²) >= 11 is 0. The summed E-state index contributed by atoms with van der Waals surface area (Å²) in [6.07, 6.45) is 10.7. The summed E-state index contributed by atoms with van der Waals surface area (Å²) < 4.78 is 53.8. The molecule has 0 heterocycles. The van der Waals surface area contributed by atoms with Crippen LogP contribution in [0.15, 0.2) is 75.9 Å². The van der Waals surface area contributed by atoms with Crippen LogP contribution in [0.1, 0.15) is 119 Å². The molecule has 21 heteroatoms. The lowest BCUT2D eigenvalue weighted by Gasteiger charge is -2.46. The number of ether oxygens (including phenoxy) is 10. The van der Waals surface area contributed by atoms with Crippen molar-refractivity contribution in [2.24, 2.45) is 44.3 Å². The van der Waals surface area contributed by atoms with E-state index in [0.717, 1.165) is 49.3 Å². The average molecular weight is 1130 g/mol. The number of amides is 1. The smallest absolute Gasteiger partial charge is 0.407 e. The molecule has 0 aromatic heterocycles. The molecule has 2 aliphatic rings. The Kier molecular flexibility index (Phi) is 28.4. The molecule has 0 bridgehead atoms. The Morgan fingerprint density at radius 2 is 0.738 bits per heavy atom. The van der Waals surface area contributed by atoms with Crippen molar-refractivity contribution in [3.8, 4) is 0 Å². The fraction of sp³-hybridized carbons (Fsp3) is 0.627. The standard InChI is InChI=1S/C59H85NO20/c1-13-44(61)73-34-58(35-74-45(62)14-2,36-75-46(63)15-3)40-79-51(68)29-56(11)27-42(25-54(7,8)32-56)21-22-50(67)71-23-19-20-24-72-53(70)60-31-43-26-55(9,10)33-57(12,28-43)30-52(69)80-41-59(37-76-47(64)16-4,38-77-48(65)17-5)39-78-49(66)18-6/h13-18,42-43H,1-6,19-41H2,7-12H3,(H,60,70). The number of hydrogen-bond donors (Lipinski definition) is 1. The minimum atomic E-state index is -1.48. The van der Waals surface area contributed by atoms with Crippen LogP contribution in [0, 0.1) is 44.3 Å². The van der Waals surface area contributed by atoms with Crippen LogP contribution >= 0.6 is 0 Å². The largest absolute Gasteiger partial charge is 0.466 e. The zero-order chi connectivity index (χ0) is 60.2. The van der Waals surface area contributed by atoms with Crippen LogP contribution in [0.2, 0.25) is 0 Å². The predicted molar refractivity (Wildman–Crippen MR) is 290 cm³/mol. The van der Waals surface area contributed by atoms with E-state index in [1.807, 2.05) is 13.8 Å². The van der Waals surface area contributed by atoms with Gasteiger partial charge in [0.1, 0.15) is 63.7 Å². The average Bonchev–Trinajstić information content (AvgIpc) is 3.39. The molecule has 0 spiro atoms. The van der Waals surface area contributed by atoms with Crippen molar-refractivity contribution in [1.82, 2.24) is 5.32 Å². The minimum absolute atomic E-state index is 0.0101. The molecular weight excluding hydrogens is 1040 g/mol. The van der Waals surface area contributed by atoms with Gasteiger partial charge in [0.05, 0.1) is 26.1 Å². The van der Waals surface area contributed by atoms with Crippen molar-refractivity contribution in [2.45, 2.75) is 119 Å². The van der Waals surface area contributed by atoms with E-state index in [4.69, 9.17) is 47.4 Å². The molecule has 0 saturated heterocycles. The highest BCUT2D eigenvalue weighted by Crippen LogP contribution is 2.52. The van der Waals surface area contributed by atoms with Crippen molar-refractivity contribution in [3.63, 3.8) is 0 Å². The summed E-state index contributed by atoms with van der Waals surface area (Å²) in [5.74, 6) is -6.28. The molecule has 21 nitrogen and oxygen atoms in total. The van der Waals surface area contributed by atoms with Crippen molar-refractivity contribution in [3.05, 3.63) is 75.9 Å². The quantitative estimate of drug-likeness (QED) is 0.0272. The summed E-state index contributed by atoms with van der Waals surface area (Å²) in [6.45, 7) is 29.5. The Bertz CT molecular complexity index is 1970. The normalized spacial score (nSPS) is 20.0. The van der Waals surface area contributed by atoms with Gasteiger partial charge >= 0.3 is 59.8 Å². The van der Waals surface area contributed by atoms with E-state index in [1.54, 1.807) is 0 Å². The predicted octanol–water partition coefficient (Wildman–Crippen LogP) is 7.70. The SMILES string of the molecule is C=CC(=O)OCC(COC(=O)C=C)(COC(=O)C=C)COC(=O)CC1(C)CC(CCC(=O)OCCCCOC(=O)NCC2CC(C)(C)CC(C)(CC(=O)OCC(COC(=O)C=C)(COC(=O)C=C)COC(=O)C=C)C2)CC(C)(C)C1. The first-order chi connectivity index (χ1) is 37.5. The Morgan fingerprint density at radius 1 is 0.425 bits per heavy atom. The number of rotatable bonds is 36. The first-order valence-corrected chi connectivity index (χ1v) is 26.6. The van der Waals surface area contributed by atoms with Gasteiger partial charge in [-0.3, -0.25) is 14.4 Å². The number of carbonyl (C=O) groups excluding carboxylic acids is 10. The molecule has 1 N–H and O–H groups in total. The molecule has 80 heavy (non-hydrogen) atoms. The third-order valence-corrected chi connectivity index (χ3v) is 13.7. The maximum absolute atomic E-state index is 13.5. The van der Waals surface area contributed by atoms with Gasteiger partial charge in [0.15, 0.2) is 0 Å². The maximum Gasteiger partial charge on any atom is 0.407 e. The molecule has 0 aromatic carbocycles. The van der Waals surface area contributed by atoms with Gasteiger partial charge in [-0.05, 0) is 91.3 Å². The van der Waals surface area contributed by atoms with Crippen LogP contribution in [0.5, 0.6) is 0 Å². The summed E-state index contributed by atoms with van der Waals surface area (Å²) in [4.78, 5) is 125. The number of unbranched alkanes of at least 4 members (excludes halogenated alkanes) is 1. The third kappa shape index (κ3) is 26.7. The van der Waals surface area contributed by atoms with Gasteiger partial charge in [0, 0.05) is 49.4 Å². The van der Waals surface area contributed by atoms with Crippen LogP contribution in [0.25, 0.3) is 0 Å². The molecule has 4 unspecified atom stereocenters. The Morgan fingerprint density at radius 3 is 1.09 bits per heavy atom. The van der Waals surface area contributed by atoms with Crippen LogP contribution < -0.4 is 5.32 Å². The van der Waals surface area contributed by atoms with Gasteiger partial charge in [-0.25, -0.2) is 33.6 Å². The topological polar surface area (TPSA) is 275 Å². The highest BCUT2D eigenvalue weighted by atomic mass is 16.6. The third-order valence-electron chi connectivity index (χ3n) is 13.7. The summed E-state index contributed by atoms with van der Waals surface area (Å²) in [5.41, 5.74) is -4.41. The maximum atomic E-state index is 13.5. The fourth-order valence-corrected chi connectivity index (χ4v) is 11.0. The van der Waals surface area contributed by atoms with E-state index < -0.39 is 128 Å². The fourth-order valence-electron chi connectivity index (χ4n) is 11.0. The molecule has 2 aliphatic carbocycles. The molecule has 1 amide bonds. The van der Waals surface area contributed by atoms with Crippen molar-refractivity contribution < 1.29 is 95.3 Å². The molecule has 2 rings (SSSR count). The molecule has 0 aliphatic heterocycles. The first-order valence-electron chi connectivity index (χ1n) is 26.6. The lowest BCUT2D eigenvalue weighted by molar-refractivity contribution is -0.170. The van der Waals surface area contributed by atoms with Crippen LogP contribution in [-0.2, 0) is 90.5 Å². The monoisotopic (exact) mass is 1130 g/mol. The van der Waals surface area contributed by atoms with Gasteiger partial charge in [-0.1, -0.05) is 81.0 Å². The van der Waals surface area contributed by atoms with E-state index in [9.17, 15) is 47.9 Å². The Labute approximate surface area is 470 Å². The summed E-state index contributed by atoms with van der Waals surface area (Å²) in [7, 11) is 0. The lowest BCUT2D eigenvalue weighted by Crippen LogP contribution is -2.44. The second kappa shape index (κ2) is 32.9. The lowest BCUT2D eigenvalue weighted by atomic mass is 9.59. The highest BCUT2D eigenvalue weighted by Gasteiger charge is 2.46. The molecule has 4 atom stereocenters. The number of alkyl carbamates (subject to hydrolysis) is 1. The Balaban J connectivity index is 1.89. The zero-order valence-electron chi connectivity index (χ0n) is 47.8. The van der Waals surface area contributed by atoms with E-state index in [1.165, 1.54) is 0 Å². The van der Waals surface area contributed by atoms with Crippen LogP contribution in [0.3, 0.4) is 0 Å². The minimum Gasteiger partial charge on any atom is -0.466 e. The van der Waals surface area contributed by atoms with Crippen molar-refractivity contribution in [1.29, 1.82) is 0 Å². The van der Waals surface area contributed by atoms with Crippen LogP contribution in [-0.4, -0.2) is 132 Å². The molecule has 2 saturated carbocycles. The van der Waals surface area contributed by atoms with E-state index in [2.05, 4.69) is 72.5 Å². The summed E-state index contributed by atoms with van der Waals surface area (Å²) in [6, 6.07) is 0. The Hall–Kier alpha value is -7.06. The first kappa shape index (κ1) is 69.0. The second-order valence-electron chi connectivity index (χ2n) is 23.4. The molecule has 2 fully saturated rings. The number of nitrogens with one attached hydrogen (secondary N) is 1.